The molecule has 0 aliphatic heterocycles. The third-order valence-corrected chi connectivity index (χ3v) is 3.46. The predicted octanol–water partition coefficient (Wildman–Crippen LogP) is 2.57. The zero-order valence-corrected chi connectivity index (χ0v) is 12.5. The molecule has 0 aliphatic carbocycles. The van der Waals surface area contributed by atoms with Crippen LogP contribution in [0.3, 0.4) is 0 Å². The van der Waals surface area contributed by atoms with E-state index < -0.39 is 17.4 Å². The first-order valence-corrected chi connectivity index (χ1v) is 6.87. The Bertz CT molecular complexity index is 556. The molecular weight excluding hydrogens is 268 g/mol. The minimum absolute atomic E-state index is 0.341. The van der Waals surface area contributed by atoms with Gasteiger partial charge in [0.1, 0.15) is 0 Å². The van der Waals surface area contributed by atoms with Crippen LogP contribution in [0.2, 0.25) is 0 Å². The summed E-state index contributed by atoms with van der Waals surface area (Å²) < 4.78 is 0. The van der Waals surface area contributed by atoms with Crippen molar-refractivity contribution < 1.29 is 14.7 Å². The van der Waals surface area contributed by atoms with Gasteiger partial charge in [0, 0.05) is 11.1 Å². The molecule has 0 radical (unpaired) electrons. The molecule has 1 unspecified atom stereocenters. The van der Waals surface area contributed by atoms with E-state index in [0.717, 1.165) is 6.42 Å². The topological polar surface area (TPSA) is 90.2 Å². The number of carbonyl (C=O) groups excluding carboxylic acids is 1. The van der Waals surface area contributed by atoms with Gasteiger partial charge in [-0.05, 0) is 44.5 Å². The van der Waals surface area contributed by atoms with Crippen LogP contribution in [0, 0.1) is 17.2 Å². The van der Waals surface area contributed by atoms with Crippen molar-refractivity contribution in [3.63, 3.8) is 0 Å². The predicted molar refractivity (Wildman–Crippen MR) is 78.7 cm³/mol. The minimum Gasteiger partial charge on any atom is -0.481 e. The summed E-state index contributed by atoms with van der Waals surface area (Å²) in [5.41, 5.74) is 0.0234. The molecule has 1 aromatic rings. The fraction of sp³-hybridized carbons (Fsp3) is 0.438. The van der Waals surface area contributed by atoms with E-state index in [0.29, 0.717) is 17.5 Å². The Balaban J connectivity index is 2.88. The largest absolute Gasteiger partial charge is 0.481 e. The number of amides is 1. The summed E-state index contributed by atoms with van der Waals surface area (Å²) in [4.78, 5) is 23.6. The van der Waals surface area contributed by atoms with E-state index in [2.05, 4.69) is 5.32 Å². The normalized spacial score (nSPS) is 12.3. The molecule has 0 bridgehead atoms. The second kappa shape index (κ2) is 6.89. The molecule has 0 saturated carbocycles. The molecule has 2 N–H and O–H groups in total. The standard InChI is InChI=1S/C16H20N2O3/c1-4-5-13(15(20)21)16(2,3)18-14(19)12-8-6-11(10-17)7-9-12/h6-9,13H,4-5H2,1-3H3,(H,18,19)(H,20,21). The number of hydrogen-bond acceptors (Lipinski definition) is 3. The van der Waals surface area contributed by atoms with Gasteiger partial charge in [-0.15, -0.1) is 0 Å². The van der Waals surface area contributed by atoms with Crippen molar-refractivity contribution >= 4 is 11.9 Å². The van der Waals surface area contributed by atoms with Gasteiger partial charge in [0.15, 0.2) is 0 Å². The first-order chi connectivity index (χ1) is 9.81. The smallest absolute Gasteiger partial charge is 0.308 e. The van der Waals surface area contributed by atoms with Crippen molar-refractivity contribution in [2.75, 3.05) is 0 Å². The van der Waals surface area contributed by atoms with Crippen molar-refractivity contribution in [2.45, 2.75) is 39.2 Å². The highest BCUT2D eigenvalue weighted by Crippen LogP contribution is 2.23. The molecule has 1 amide bonds. The molecule has 5 heteroatoms. The summed E-state index contributed by atoms with van der Waals surface area (Å²) in [6.07, 6.45) is 1.23. The number of aliphatic carboxylic acids is 1. The van der Waals surface area contributed by atoms with Crippen LogP contribution in [0.15, 0.2) is 24.3 Å². The van der Waals surface area contributed by atoms with Crippen LogP contribution in [0.1, 0.15) is 49.5 Å². The van der Waals surface area contributed by atoms with Crippen molar-refractivity contribution in [3.8, 4) is 6.07 Å². The van der Waals surface area contributed by atoms with E-state index in [4.69, 9.17) is 5.26 Å². The Morgan fingerprint density at radius 2 is 1.90 bits per heavy atom. The van der Waals surface area contributed by atoms with Crippen LogP contribution in [-0.2, 0) is 4.79 Å². The first kappa shape index (κ1) is 16.7. The van der Waals surface area contributed by atoms with E-state index in [-0.39, 0.29) is 5.91 Å². The Labute approximate surface area is 124 Å². The summed E-state index contributed by atoms with van der Waals surface area (Å²) in [7, 11) is 0. The fourth-order valence-electron chi connectivity index (χ4n) is 2.23. The number of nitrogens with one attached hydrogen (secondary N) is 1. The van der Waals surface area contributed by atoms with Gasteiger partial charge in [-0.3, -0.25) is 9.59 Å². The molecule has 0 aliphatic rings. The van der Waals surface area contributed by atoms with Crippen LogP contribution < -0.4 is 5.32 Å². The highest BCUT2D eigenvalue weighted by Gasteiger charge is 2.35. The number of nitrogens with zero attached hydrogens (tertiary/aromatic N) is 1. The molecule has 0 aromatic heterocycles. The molecule has 21 heavy (non-hydrogen) atoms. The molecule has 1 atom stereocenters. The monoisotopic (exact) mass is 288 g/mol. The molecule has 0 saturated heterocycles. The van der Waals surface area contributed by atoms with Gasteiger partial charge in [0.2, 0.25) is 0 Å². The summed E-state index contributed by atoms with van der Waals surface area (Å²) in [5, 5.41) is 20.8. The lowest BCUT2D eigenvalue weighted by Gasteiger charge is -2.32. The van der Waals surface area contributed by atoms with Gasteiger partial charge in [0.25, 0.3) is 5.91 Å². The molecular formula is C16H20N2O3. The van der Waals surface area contributed by atoms with Gasteiger partial charge in [-0.2, -0.15) is 5.26 Å². The third kappa shape index (κ3) is 4.32. The molecule has 0 fully saturated rings. The maximum atomic E-state index is 12.2. The quantitative estimate of drug-likeness (QED) is 0.841. The van der Waals surface area contributed by atoms with E-state index in [1.807, 2.05) is 13.0 Å². The van der Waals surface area contributed by atoms with E-state index >= 15 is 0 Å². The fourth-order valence-corrected chi connectivity index (χ4v) is 2.23. The minimum atomic E-state index is -0.915. The number of rotatable bonds is 6. The van der Waals surface area contributed by atoms with Crippen molar-refractivity contribution in [3.05, 3.63) is 35.4 Å². The molecule has 112 valence electrons. The van der Waals surface area contributed by atoms with Crippen LogP contribution in [0.5, 0.6) is 0 Å². The van der Waals surface area contributed by atoms with Gasteiger partial charge in [-0.1, -0.05) is 13.3 Å². The van der Waals surface area contributed by atoms with Crippen molar-refractivity contribution in [1.82, 2.24) is 5.32 Å². The van der Waals surface area contributed by atoms with Gasteiger partial charge < -0.3 is 10.4 Å². The van der Waals surface area contributed by atoms with Crippen LogP contribution in [0.4, 0.5) is 0 Å². The van der Waals surface area contributed by atoms with E-state index in [9.17, 15) is 14.7 Å². The Hall–Kier alpha value is -2.35. The first-order valence-electron chi connectivity index (χ1n) is 6.87. The Morgan fingerprint density at radius 3 is 2.33 bits per heavy atom. The lowest BCUT2D eigenvalue weighted by molar-refractivity contribution is -0.144. The number of nitriles is 1. The second-order valence-electron chi connectivity index (χ2n) is 5.54. The van der Waals surface area contributed by atoms with Crippen molar-refractivity contribution in [1.29, 1.82) is 5.26 Å². The highest BCUT2D eigenvalue weighted by atomic mass is 16.4. The summed E-state index contributed by atoms with van der Waals surface area (Å²) >= 11 is 0. The maximum Gasteiger partial charge on any atom is 0.308 e. The Kier molecular flexibility index (Phi) is 5.48. The van der Waals surface area contributed by atoms with Gasteiger partial charge in [0.05, 0.1) is 17.6 Å². The molecule has 1 rings (SSSR count). The van der Waals surface area contributed by atoms with Gasteiger partial charge >= 0.3 is 5.97 Å². The summed E-state index contributed by atoms with van der Waals surface area (Å²) in [6.45, 7) is 5.33. The zero-order chi connectivity index (χ0) is 16.0. The number of carbonyl (C=O) groups is 2. The van der Waals surface area contributed by atoms with Crippen LogP contribution in [0.25, 0.3) is 0 Å². The Morgan fingerprint density at radius 1 is 1.33 bits per heavy atom. The number of carboxylic acid groups (broad SMARTS) is 1. The number of benzene rings is 1. The maximum absolute atomic E-state index is 12.2. The summed E-state index contributed by atoms with van der Waals surface area (Å²) in [5.74, 6) is -1.90. The molecule has 0 spiro atoms. The average Bonchev–Trinajstić information content (AvgIpc) is 2.43. The molecule has 5 nitrogen and oxygen atoms in total. The number of carboxylic acids is 1. The average molecular weight is 288 g/mol. The molecule has 0 heterocycles. The van der Waals surface area contributed by atoms with Crippen molar-refractivity contribution in [2.24, 2.45) is 5.92 Å². The molecule has 1 aromatic carbocycles. The second-order valence-corrected chi connectivity index (χ2v) is 5.54. The van der Waals surface area contributed by atoms with Gasteiger partial charge in [-0.25, -0.2) is 0 Å². The van der Waals surface area contributed by atoms with E-state index in [1.54, 1.807) is 38.1 Å². The van der Waals surface area contributed by atoms with Crippen LogP contribution >= 0.6 is 0 Å². The lowest BCUT2D eigenvalue weighted by atomic mass is 9.84. The van der Waals surface area contributed by atoms with E-state index in [1.165, 1.54) is 0 Å². The van der Waals surface area contributed by atoms with Crippen LogP contribution in [-0.4, -0.2) is 22.5 Å². The SMILES string of the molecule is CCCC(C(=O)O)C(C)(C)NC(=O)c1ccc(C#N)cc1. The number of hydrogen-bond donors (Lipinski definition) is 2. The lowest BCUT2D eigenvalue weighted by Crippen LogP contribution is -2.51. The highest BCUT2D eigenvalue weighted by molar-refractivity contribution is 5.95. The zero-order valence-electron chi connectivity index (χ0n) is 12.5. The third-order valence-electron chi connectivity index (χ3n) is 3.46. The summed E-state index contributed by atoms with van der Waals surface area (Å²) in [6, 6.07) is 8.21.